The predicted octanol–water partition coefficient (Wildman–Crippen LogP) is 0.496. The molecule has 11 heavy (non-hydrogen) atoms. The first-order chi connectivity index (χ1) is 5.20. The van der Waals surface area contributed by atoms with Crippen LogP contribution in [0.3, 0.4) is 0 Å². The summed E-state index contributed by atoms with van der Waals surface area (Å²) in [6, 6.07) is 0.453. The highest BCUT2D eigenvalue weighted by Crippen LogP contribution is 2.06. The van der Waals surface area contributed by atoms with E-state index < -0.39 is 0 Å². The lowest BCUT2D eigenvalue weighted by Crippen LogP contribution is -2.37. The first-order valence-electron chi connectivity index (χ1n) is 4.19. The molecule has 0 aromatic rings. The Balaban J connectivity index is 2.52. The molecular formula is C8H17N3. The van der Waals surface area contributed by atoms with Crippen LogP contribution in [0.2, 0.25) is 0 Å². The third kappa shape index (κ3) is 2.33. The van der Waals surface area contributed by atoms with Gasteiger partial charge in [-0.15, -0.1) is 0 Å². The van der Waals surface area contributed by atoms with Crippen molar-refractivity contribution < 1.29 is 0 Å². The van der Waals surface area contributed by atoms with Crippen LogP contribution < -0.4 is 16.4 Å². The molecule has 1 heterocycles. The minimum Gasteiger partial charge on any atom is -0.399 e. The molecule has 3 nitrogen and oxygen atoms in total. The van der Waals surface area contributed by atoms with Gasteiger partial charge in [-0.2, -0.15) is 0 Å². The lowest BCUT2D eigenvalue weighted by atomic mass is 10.2. The van der Waals surface area contributed by atoms with Gasteiger partial charge in [0.25, 0.3) is 0 Å². The highest BCUT2D eigenvalue weighted by molar-refractivity contribution is 5.10. The van der Waals surface area contributed by atoms with Crippen LogP contribution in [-0.4, -0.2) is 12.6 Å². The molecule has 0 aromatic carbocycles. The summed E-state index contributed by atoms with van der Waals surface area (Å²) in [4.78, 5) is 0. The smallest absolute Gasteiger partial charge is 0.118 e. The predicted molar refractivity (Wildman–Crippen MR) is 46.7 cm³/mol. The lowest BCUT2D eigenvalue weighted by molar-refractivity contribution is 0.553. The molecule has 1 aliphatic rings. The Morgan fingerprint density at radius 3 is 2.82 bits per heavy atom. The van der Waals surface area contributed by atoms with E-state index >= 15 is 0 Å². The van der Waals surface area contributed by atoms with Crippen molar-refractivity contribution in [3.05, 3.63) is 11.5 Å². The van der Waals surface area contributed by atoms with Crippen LogP contribution in [-0.2, 0) is 0 Å². The van der Waals surface area contributed by atoms with Crippen molar-refractivity contribution in [3.63, 3.8) is 0 Å². The fourth-order valence-electron chi connectivity index (χ4n) is 1.16. The zero-order chi connectivity index (χ0) is 8.27. The van der Waals surface area contributed by atoms with Crippen LogP contribution in [0.15, 0.2) is 11.5 Å². The first-order valence-corrected chi connectivity index (χ1v) is 4.19. The molecule has 4 N–H and O–H groups in total. The Bertz CT molecular complexity index is 161. The van der Waals surface area contributed by atoms with Crippen LogP contribution in [0, 0.1) is 0 Å². The molecule has 0 saturated heterocycles. The second-order valence-electron chi connectivity index (χ2n) is 3.23. The number of rotatable bonds is 2. The van der Waals surface area contributed by atoms with Gasteiger partial charge in [0.1, 0.15) is 5.82 Å². The van der Waals surface area contributed by atoms with Crippen molar-refractivity contribution in [3.8, 4) is 0 Å². The fraction of sp³-hybridized carbons (Fsp3) is 0.750. The normalized spacial score (nSPS) is 18.5. The maximum atomic E-state index is 5.78. The van der Waals surface area contributed by atoms with E-state index in [4.69, 9.17) is 5.73 Å². The highest BCUT2D eigenvalue weighted by Gasteiger charge is 2.08. The molecule has 0 saturated carbocycles. The van der Waals surface area contributed by atoms with Gasteiger partial charge < -0.3 is 16.4 Å². The molecule has 0 aromatic heterocycles. The Hall–Kier alpha value is -0.860. The van der Waals surface area contributed by atoms with Gasteiger partial charge in [0, 0.05) is 18.3 Å². The Morgan fingerprint density at radius 2 is 2.27 bits per heavy atom. The highest BCUT2D eigenvalue weighted by atomic mass is 15.1. The third-order valence-corrected chi connectivity index (χ3v) is 1.68. The van der Waals surface area contributed by atoms with E-state index in [1.54, 1.807) is 0 Å². The summed E-state index contributed by atoms with van der Waals surface area (Å²) in [6.07, 6.45) is 2.16. The van der Waals surface area contributed by atoms with E-state index in [1.165, 1.54) is 0 Å². The van der Waals surface area contributed by atoms with E-state index in [9.17, 15) is 0 Å². The first kappa shape index (κ1) is 8.24. The molecule has 0 atom stereocenters. The summed E-state index contributed by atoms with van der Waals surface area (Å²) in [7, 11) is 0. The second kappa shape index (κ2) is 3.51. The van der Waals surface area contributed by atoms with Gasteiger partial charge >= 0.3 is 0 Å². The Morgan fingerprint density at radius 1 is 1.55 bits per heavy atom. The number of hydrogen-bond acceptors (Lipinski definition) is 3. The van der Waals surface area contributed by atoms with Crippen molar-refractivity contribution in [2.24, 2.45) is 5.73 Å². The van der Waals surface area contributed by atoms with E-state index in [0.717, 1.165) is 30.9 Å². The molecule has 0 radical (unpaired) electrons. The van der Waals surface area contributed by atoms with Gasteiger partial charge in [-0.25, -0.2) is 0 Å². The van der Waals surface area contributed by atoms with Crippen molar-refractivity contribution in [2.45, 2.75) is 32.7 Å². The average Bonchev–Trinajstić information content (AvgIpc) is 1.93. The molecule has 1 rings (SSSR count). The Labute approximate surface area is 68.0 Å². The zero-order valence-electron chi connectivity index (χ0n) is 7.28. The molecule has 64 valence electrons. The minimum atomic E-state index is 0.453. The molecule has 0 amide bonds. The summed E-state index contributed by atoms with van der Waals surface area (Å²) in [5.41, 5.74) is 6.74. The summed E-state index contributed by atoms with van der Waals surface area (Å²) in [6.45, 7) is 5.25. The van der Waals surface area contributed by atoms with Crippen molar-refractivity contribution >= 4 is 0 Å². The lowest BCUT2D eigenvalue weighted by Gasteiger charge is -2.22. The van der Waals surface area contributed by atoms with Crippen LogP contribution in [0.25, 0.3) is 0 Å². The van der Waals surface area contributed by atoms with Gasteiger partial charge in [-0.3, -0.25) is 0 Å². The van der Waals surface area contributed by atoms with E-state index in [1.807, 2.05) is 0 Å². The van der Waals surface area contributed by atoms with Gasteiger partial charge in [-0.1, -0.05) is 0 Å². The van der Waals surface area contributed by atoms with Crippen molar-refractivity contribution in [1.82, 2.24) is 10.6 Å². The molecular weight excluding hydrogens is 138 g/mol. The molecule has 0 spiro atoms. The maximum Gasteiger partial charge on any atom is 0.118 e. The van der Waals surface area contributed by atoms with E-state index in [-0.39, 0.29) is 0 Å². The standard InChI is InChI=1S/C8H17N3/c1-6(2)11-8-7(9)4-3-5-10-8/h6,10-11H,3-5,9H2,1-2H3. The number of allylic oxidation sites excluding steroid dienone is 1. The van der Waals surface area contributed by atoms with E-state index in [0.29, 0.717) is 6.04 Å². The molecule has 0 bridgehead atoms. The summed E-state index contributed by atoms with van der Waals surface area (Å²) in [5.74, 6) is 1.03. The molecule has 0 unspecified atom stereocenters. The number of hydrogen-bond donors (Lipinski definition) is 3. The van der Waals surface area contributed by atoms with Crippen LogP contribution in [0.5, 0.6) is 0 Å². The van der Waals surface area contributed by atoms with Crippen LogP contribution >= 0.6 is 0 Å². The van der Waals surface area contributed by atoms with Crippen LogP contribution in [0.1, 0.15) is 26.7 Å². The number of nitrogens with two attached hydrogens (primary N) is 1. The zero-order valence-corrected chi connectivity index (χ0v) is 7.28. The maximum absolute atomic E-state index is 5.78. The fourth-order valence-corrected chi connectivity index (χ4v) is 1.16. The van der Waals surface area contributed by atoms with Crippen molar-refractivity contribution in [1.29, 1.82) is 0 Å². The summed E-state index contributed by atoms with van der Waals surface area (Å²) in [5, 5.41) is 6.52. The topological polar surface area (TPSA) is 50.1 Å². The SMILES string of the molecule is CC(C)NC1=C(N)CCCN1. The monoisotopic (exact) mass is 155 g/mol. The second-order valence-corrected chi connectivity index (χ2v) is 3.23. The minimum absolute atomic E-state index is 0.453. The van der Waals surface area contributed by atoms with Gasteiger partial charge in [0.2, 0.25) is 0 Å². The molecule has 1 aliphatic heterocycles. The average molecular weight is 155 g/mol. The van der Waals surface area contributed by atoms with Gasteiger partial charge in [0.05, 0.1) is 0 Å². The van der Waals surface area contributed by atoms with E-state index in [2.05, 4.69) is 24.5 Å². The van der Waals surface area contributed by atoms with Gasteiger partial charge in [0.15, 0.2) is 0 Å². The third-order valence-electron chi connectivity index (χ3n) is 1.68. The number of nitrogens with one attached hydrogen (secondary N) is 2. The molecule has 0 fully saturated rings. The molecule has 3 heteroatoms. The summed E-state index contributed by atoms with van der Waals surface area (Å²) < 4.78 is 0. The Kier molecular flexibility index (Phi) is 2.63. The van der Waals surface area contributed by atoms with Crippen molar-refractivity contribution in [2.75, 3.05) is 6.54 Å². The largest absolute Gasteiger partial charge is 0.399 e. The van der Waals surface area contributed by atoms with Gasteiger partial charge in [-0.05, 0) is 26.7 Å². The van der Waals surface area contributed by atoms with Crippen LogP contribution in [0.4, 0.5) is 0 Å². The summed E-state index contributed by atoms with van der Waals surface area (Å²) >= 11 is 0. The molecule has 0 aliphatic carbocycles. The quantitative estimate of drug-likeness (QED) is 0.544.